The first-order chi connectivity index (χ1) is 10.3. The van der Waals surface area contributed by atoms with Crippen LogP contribution in [-0.4, -0.2) is 38.6 Å². The van der Waals surface area contributed by atoms with Crippen LogP contribution in [0.25, 0.3) is 0 Å². The molecule has 2 aliphatic heterocycles. The molecular weight excluding hydrogens is 272 g/mol. The van der Waals surface area contributed by atoms with Gasteiger partial charge >= 0.3 is 6.03 Å². The summed E-state index contributed by atoms with van der Waals surface area (Å²) in [4.78, 5) is 11.7. The van der Waals surface area contributed by atoms with Crippen LogP contribution in [0, 0.1) is 0 Å². The van der Waals surface area contributed by atoms with Crippen molar-refractivity contribution in [2.45, 2.75) is 25.4 Å². The number of carbonyl (C=O) groups excluding carboxylic acids is 1. The average Bonchev–Trinajstić information content (AvgIpc) is 3.16. The molecule has 0 aliphatic carbocycles. The standard InChI is InChI=1S/C15H20N2O4/c18-15(17-9-12-2-1-7-19-12)16-6-5-11-3-4-13-14(8-11)21-10-20-13/h3-4,8,12H,1-2,5-7,9-10H2,(H2,16,17,18). The van der Waals surface area contributed by atoms with Crippen LogP contribution in [0.4, 0.5) is 4.79 Å². The molecule has 1 atom stereocenters. The summed E-state index contributed by atoms with van der Waals surface area (Å²) in [6.45, 7) is 2.24. The second-order valence-electron chi connectivity index (χ2n) is 5.21. The van der Waals surface area contributed by atoms with Gasteiger partial charge in [-0.2, -0.15) is 0 Å². The van der Waals surface area contributed by atoms with Crippen LogP contribution in [0.2, 0.25) is 0 Å². The fourth-order valence-corrected chi connectivity index (χ4v) is 2.49. The monoisotopic (exact) mass is 292 g/mol. The zero-order valence-electron chi connectivity index (χ0n) is 11.9. The number of hydrogen-bond acceptors (Lipinski definition) is 4. The summed E-state index contributed by atoms with van der Waals surface area (Å²) < 4.78 is 16.0. The van der Waals surface area contributed by atoms with E-state index in [-0.39, 0.29) is 18.9 Å². The summed E-state index contributed by atoms with van der Waals surface area (Å²) in [5.74, 6) is 1.55. The van der Waals surface area contributed by atoms with E-state index in [0.29, 0.717) is 13.1 Å². The maximum Gasteiger partial charge on any atom is 0.314 e. The molecule has 2 aliphatic rings. The van der Waals surface area contributed by atoms with Crippen LogP contribution in [0.1, 0.15) is 18.4 Å². The Morgan fingerprint density at radius 1 is 1.24 bits per heavy atom. The molecule has 0 bridgehead atoms. The predicted octanol–water partition coefficient (Wildman–Crippen LogP) is 1.44. The summed E-state index contributed by atoms with van der Waals surface area (Å²) >= 11 is 0. The largest absolute Gasteiger partial charge is 0.454 e. The van der Waals surface area contributed by atoms with E-state index in [4.69, 9.17) is 14.2 Å². The number of hydrogen-bond donors (Lipinski definition) is 2. The summed E-state index contributed by atoms with van der Waals surface area (Å²) in [7, 11) is 0. The first-order valence-electron chi connectivity index (χ1n) is 7.33. The zero-order chi connectivity index (χ0) is 14.5. The molecule has 1 aromatic rings. The number of carbonyl (C=O) groups is 1. The molecule has 2 heterocycles. The number of ether oxygens (including phenoxy) is 3. The van der Waals surface area contributed by atoms with Gasteiger partial charge in [0.05, 0.1) is 6.10 Å². The van der Waals surface area contributed by atoms with Gasteiger partial charge in [0.2, 0.25) is 6.79 Å². The Morgan fingerprint density at radius 2 is 2.14 bits per heavy atom. The van der Waals surface area contributed by atoms with Crippen molar-refractivity contribution < 1.29 is 19.0 Å². The van der Waals surface area contributed by atoms with Crippen LogP contribution >= 0.6 is 0 Å². The van der Waals surface area contributed by atoms with E-state index in [2.05, 4.69) is 10.6 Å². The lowest BCUT2D eigenvalue weighted by molar-refractivity contribution is 0.111. The highest BCUT2D eigenvalue weighted by Crippen LogP contribution is 2.32. The molecule has 1 unspecified atom stereocenters. The highest BCUT2D eigenvalue weighted by molar-refractivity contribution is 5.73. The molecule has 1 fully saturated rings. The third kappa shape index (κ3) is 3.78. The lowest BCUT2D eigenvalue weighted by Gasteiger charge is -2.11. The van der Waals surface area contributed by atoms with Gasteiger partial charge in [-0.3, -0.25) is 0 Å². The minimum Gasteiger partial charge on any atom is -0.454 e. The number of benzene rings is 1. The maximum absolute atomic E-state index is 11.7. The quantitative estimate of drug-likeness (QED) is 0.861. The normalized spacial score (nSPS) is 19.5. The first-order valence-corrected chi connectivity index (χ1v) is 7.33. The molecule has 2 amide bonds. The van der Waals surface area contributed by atoms with Gasteiger partial charge in [-0.15, -0.1) is 0 Å². The Morgan fingerprint density at radius 3 is 3.00 bits per heavy atom. The number of urea groups is 1. The molecule has 0 aromatic heterocycles. The molecule has 1 aromatic carbocycles. The topological polar surface area (TPSA) is 68.8 Å². The van der Waals surface area contributed by atoms with E-state index in [1.807, 2.05) is 18.2 Å². The summed E-state index contributed by atoms with van der Waals surface area (Å²) in [6.07, 6.45) is 3.03. The second kappa shape index (κ2) is 6.67. The van der Waals surface area contributed by atoms with Crippen molar-refractivity contribution in [1.82, 2.24) is 10.6 Å². The van der Waals surface area contributed by atoms with Crippen LogP contribution in [0.15, 0.2) is 18.2 Å². The van der Waals surface area contributed by atoms with Gasteiger partial charge in [0.1, 0.15) is 0 Å². The molecule has 6 heteroatoms. The van der Waals surface area contributed by atoms with E-state index in [9.17, 15) is 4.79 Å². The van der Waals surface area contributed by atoms with E-state index in [1.165, 1.54) is 0 Å². The summed E-state index contributed by atoms with van der Waals surface area (Å²) in [5.41, 5.74) is 1.11. The molecule has 1 saturated heterocycles. The van der Waals surface area contributed by atoms with E-state index < -0.39 is 0 Å². The molecule has 2 N–H and O–H groups in total. The molecular formula is C15H20N2O4. The third-order valence-electron chi connectivity index (χ3n) is 3.65. The summed E-state index contributed by atoms with van der Waals surface area (Å²) in [6, 6.07) is 5.69. The minimum atomic E-state index is -0.147. The van der Waals surface area contributed by atoms with Gasteiger partial charge in [0.15, 0.2) is 11.5 Å². The van der Waals surface area contributed by atoms with Gasteiger partial charge in [0, 0.05) is 19.7 Å². The third-order valence-corrected chi connectivity index (χ3v) is 3.65. The molecule has 21 heavy (non-hydrogen) atoms. The van der Waals surface area contributed by atoms with Crippen molar-refractivity contribution in [3.63, 3.8) is 0 Å². The van der Waals surface area contributed by atoms with Gasteiger partial charge in [0.25, 0.3) is 0 Å². The Bertz CT molecular complexity index is 500. The number of amides is 2. The Kier molecular flexibility index (Phi) is 4.45. The van der Waals surface area contributed by atoms with Crippen molar-refractivity contribution >= 4 is 6.03 Å². The van der Waals surface area contributed by atoms with Gasteiger partial charge in [-0.25, -0.2) is 4.79 Å². The van der Waals surface area contributed by atoms with E-state index >= 15 is 0 Å². The van der Waals surface area contributed by atoms with Gasteiger partial charge in [-0.1, -0.05) is 6.07 Å². The number of rotatable bonds is 5. The van der Waals surface area contributed by atoms with E-state index in [0.717, 1.165) is 42.9 Å². The zero-order valence-corrected chi connectivity index (χ0v) is 11.9. The fourth-order valence-electron chi connectivity index (χ4n) is 2.49. The molecule has 3 rings (SSSR count). The van der Waals surface area contributed by atoms with E-state index in [1.54, 1.807) is 0 Å². The number of nitrogens with one attached hydrogen (secondary N) is 2. The molecule has 0 radical (unpaired) electrons. The van der Waals surface area contributed by atoms with Crippen LogP contribution in [0.5, 0.6) is 11.5 Å². The SMILES string of the molecule is O=C(NCCc1ccc2c(c1)OCO2)NCC1CCCO1. The van der Waals surface area contributed by atoms with Crippen LogP contribution in [-0.2, 0) is 11.2 Å². The van der Waals surface area contributed by atoms with Gasteiger partial charge in [-0.05, 0) is 37.0 Å². The molecule has 0 spiro atoms. The van der Waals surface area contributed by atoms with Crippen LogP contribution in [0.3, 0.4) is 0 Å². The lowest BCUT2D eigenvalue weighted by Crippen LogP contribution is -2.40. The molecule has 0 saturated carbocycles. The average molecular weight is 292 g/mol. The fraction of sp³-hybridized carbons (Fsp3) is 0.533. The van der Waals surface area contributed by atoms with Gasteiger partial charge < -0.3 is 24.8 Å². The van der Waals surface area contributed by atoms with Crippen molar-refractivity contribution in [3.05, 3.63) is 23.8 Å². The van der Waals surface area contributed by atoms with Crippen molar-refractivity contribution in [3.8, 4) is 11.5 Å². The minimum absolute atomic E-state index is 0.147. The Hall–Kier alpha value is -1.95. The highest BCUT2D eigenvalue weighted by Gasteiger charge is 2.16. The Balaban J connectivity index is 1.36. The van der Waals surface area contributed by atoms with Crippen molar-refractivity contribution in [2.24, 2.45) is 0 Å². The predicted molar refractivity (Wildman–Crippen MR) is 76.6 cm³/mol. The maximum atomic E-state index is 11.7. The van der Waals surface area contributed by atoms with Crippen molar-refractivity contribution in [2.75, 3.05) is 26.5 Å². The Labute approximate surface area is 123 Å². The molecule has 6 nitrogen and oxygen atoms in total. The number of fused-ring (bicyclic) bond motifs is 1. The summed E-state index contributed by atoms with van der Waals surface area (Å²) in [5, 5.41) is 5.68. The smallest absolute Gasteiger partial charge is 0.314 e. The lowest BCUT2D eigenvalue weighted by atomic mass is 10.1. The highest BCUT2D eigenvalue weighted by atomic mass is 16.7. The van der Waals surface area contributed by atoms with Crippen LogP contribution < -0.4 is 20.1 Å². The second-order valence-corrected chi connectivity index (χ2v) is 5.21. The molecule has 114 valence electrons. The first kappa shape index (κ1) is 14.0. The van der Waals surface area contributed by atoms with Crippen molar-refractivity contribution in [1.29, 1.82) is 0 Å².